The highest BCUT2D eigenvalue weighted by molar-refractivity contribution is 8.18. The Morgan fingerprint density at radius 1 is 1.28 bits per heavy atom. The number of methoxy groups -OCH3 is 1. The molecule has 0 saturated carbocycles. The third-order valence-electron chi connectivity index (χ3n) is 4.32. The topological polar surface area (TPSA) is 139 Å². The number of carbonyl (C=O) groups excluding carboxylic acids is 1. The van der Waals surface area contributed by atoms with Crippen LogP contribution in [-0.4, -0.2) is 33.2 Å². The molecule has 1 aliphatic heterocycles. The Labute approximate surface area is 189 Å². The molecule has 12 heteroatoms. The molecule has 1 aromatic heterocycles. The Kier molecular flexibility index (Phi) is 6.05. The quantitative estimate of drug-likeness (QED) is 0.279. The largest absolute Gasteiger partial charge is 0.504 e. The standard InChI is InChI=1S/C20H15N5O5S2/c1-30-15-4-2-3-12(17(15)26)9-16-18(27)22-20(32-16)24-23-19-21-14(10-31-19)11-5-7-13(8-6-11)25(28)29/h2-10,26H,1H3,(H,21,23)(H,22,24,27)/b16-9+. The summed E-state index contributed by atoms with van der Waals surface area (Å²) in [5.41, 5.74) is 4.63. The first-order chi connectivity index (χ1) is 15.4. The first-order valence-corrected chi connectivity index (χ1v) is 10.7. The summed E-state index contributed by atoms with van der Waals surface area (Å²) in [6.07, 6.45) is 1.55. The van der Waals surface area contributed by atoms with E-state index in [-0.39, 0.29) is 17.3 Å². The molecule has 3 aromatic rings. The van der Waals surface area contributed by atoms with Crippen LogP contribution in [-0.2, 0) is 4.79 Å². The van der Waals surface area contributed by atoms with Gasteiger partial charge in [0.1, 0.15) is 0 Å². The van der Waals surface area contributed by atoms with E-state index in [0.717, 1.165) is 17.3 Å². The fourth-order valence-electron chi connectivity index (χ4n) is 2.75. The van der Waals surface area contributed by atoms with Crippen molar-refractivity contribution in [1.82, 2.24) is 10.3 Å². The molecule has 4 rings (SSSR count). The number of carbonyl (C=O) groups is 1. The lowest BCUT2D eigenvalue weighted by Gasteiger charge is -2.05. The highest BCUT2D eigenvalue weighted by atomic mass is 32.2. The number of nitrogens with one attached hydrogen (secondary N) is 2. The summed E-state index contributed by atoms with van der Waals surface area (Å²) in [6, 6.07) is 11.1. The van der Waals surface area contributed by atoms with Gasteiger partial charge in [0.2, 0.25) is 5.13 Å². The Morgan fingerprint density at radius 3 is 2.78 bits per heavy atom. The summed E-state index contributed by atoms with van der Waals surface area (Å²) in [6.45, 7) is 0. The average Bonchev–Trinajstić information content (AvgIpc) is 3.40. The molecule has 162 valence electrons. The fourth-order valence-corrected chi connectivity index (χ4v) is 4.19. The number of nitrogens with zero attached hydrogens (tertiary/aromatic N) is 3. The predicted molar refractivity (Wildman–Crippen MR) is 124 cm³/mol. The molecular weight excluding hydrogens is 454 g/mol. The first kappa shape index (κ1) is 21.3. The van der Waals surface area contributed by atoms with E-state index in [2.05, 4.69) is 20.8 Å². The van der Waals surface area contributed by atoms with Crippen LogP contribution >= 0.6 is 23.1 Å². The van der Waals surface area contributed by atoms with E-state index in [1.807, 2.05) is 0 Å². The van der Waals surface area contributed by atoms with E-state index in [1.165, 1.54) is 30.6 Å². The van der Waals surface area contributed by atoms with Crippen LogP contribution in [0.3, 0.4) is 0 Å². The number of nitro groups is 1. The van der Waals surface area contributed by atoms with Gasteiger partial charge in [-0.05, 0) is 36.0 Å². The Balaban J connectivity index is 1.45. The summed E-state index contributed by atoms with van der Waals surface area (Å²) in [4.78, 5) is 27.3. The molecule has 1 amide bonds. The second-order valence-electron chi connectivity index (χ2n) is 6.33. The number of nitro benzene ring substituents is 1. The zero-order valence-electron chi connectivity index (χ0n) is 16.4. The number of thiazole rings is 1. The number of aromatic nitrogens is 1. The van der Waals surface area contributed by atoms with Gasteiger partial charge in [0.15, 0.2) is 16.7 Å². The molecule has 3 N–H and O–H groups in total. The Morgan fingerprint density at radius 2 is 2.06 bits per heavy atom. The lowest BCUT2D eigenvalue weighted by Crippen LogP contribution is -2.20. The van der Waals surface area contributed by atoms with Crippen LogP contribution in [0, 0.1) is 10.1 Å². The number of amidine groups is 1. The van der Waals surface area contributed by atoms with E-state index in [1.54, 1.807) is 41.8 Å². The molecule has 1 fully saturated rings. The average molecular weight is 470 g/mol. The van der Waals surface area contributed by atoms with Gasteiger partial charge in [0.05, 0.1) is 22.6 Å². The number of para-hydroxylation sites is 1. The van der Waals surface area contributed by atoms with E-state index in [0.29, 0.717) is 32.2 Å². The van der Waals surface area contributed by atoms with Crippen molar-refractivity contribution in [3.8, 4) is 22.8 Å². The minimum absolute atomic E-state index is 0.00820. The highest BCUT2D eigenvalue weighted by Crippen LogP contribution is 2.34. The number of thioether (sulfide) groups is 1. The number of hydrogen-bond donors (Lipinski definition) is 3. The van der Waals surface area contributed by atoms with Gasteiger partial charge in [-0.3, -0.25) is 25.7 Å². The van der Waals surface area contributed by atoms with Crippen LogP contribution in [0.5, 0.6) is 11.5 Å². The van der Waals surface area contributed by atoms with Crippen LogP contribution in [0.1, 0.15) is 5.56 Å². The molecule has 32 heavy (non-hydrogen) atoms. The van der Waals surface area contributed by atoms with Gasteiger partial charge in [0.25, 0.3) is 11.6 Å². The molecule has 0 radical (unpaired) electrons. The van der Waals surface area contributed by atoms with Crippen LogP contribution in [0.15, 0.2) is 57.9 Å². The molecule has 0 atom stereocenters. The number of non-ortho nitro benzene ring substituents is 1. The number of anilines is 1. The van der Waals surface area contributed by atoms with Crippen molar-refractivity contribution in [2.45, 2.75) is 0 Å². The molecule has 0 spiro atoms. The predicted octanol–water partition coefficient (Wildman–Crippen LogP) is 4.02. The van der Waals surface area contributed by atoms with Gasteiger partial charge >= 0.3 is 0 Å². The molecule has 1 aliphatic rings. The molecule has 2 heterocycles. The monoisotopic (exact) mass is 469 g/mol. The van der Waals surface area contributed by atoms with E-state index in [4.69, 9.17) is 4.74 Å². The number of hydrogen-bond acceptors (Lipinski definition) is 10. The lowest BCUT2D eigenvalue weighted by atomic mass is 10.1. The van der Waals surface area contributed by atoms with Crippen molar-refractivity contribution in [3.05, 3.63) is 68.4 Å². The molecule has 0 unspecified atom stereocenters. The molecular formula is C20H15N5O5S2. The smallest absolute Gasteiger partial charge is 0.269 e. The number of rotatable bonds is 6. The van der Waals surface area contributed by atoms with E-state index >= 15 is 0 Å². The summed E-state index contributed by atoms with van der Waals surface area (Å²) < 4.78 is 5.08. The van der Waals surface area contributed by atoms with Crippen LogP contribution in [0.2, 0.25) is 0 Å². The molecule has 0 aliphatic carbocycles. The molecule has 1 saturated heterocycles. The van der Waals surface area contributed by atoms with Crippen LogP contribution < -0.4 is 15.5 Å². The number of aromatic hydroxyl groups is 1. The molecule has 0 bridgehead atoms. The minimum Gasteiger partial charge on any atom is -0.504 e. The summed E-state index contributed by atoms with van der Waals surface area (Å²) in [7, 11) is 1.45. The van der Waals surface area contributed by atoms with Gasteiger partial charge in [0, 0.05) is 28.6 Å². The van der Waals surface area contributed by atoms with E-state index in [9.17, 15) is 20.0 Å². The Bertz CT molecular complexity index is 1250. The number of benzene rings is 2. The maximum absolute atomic E-state index is 12.2. The SMILES string of the molecule is COc1cccc(/C=C2/SC(=NNc3nc(-c4ccc([N+](=O)[O-])cc4)cs3)NC2=O)c1O. The third kappa shape index (κ3) is 4.55. The normalized spacial score (nSPS) is 15.7. The minimum atomic E-state index is -0.459. The van der Waals surface area contributed by atoms with Crippen molar-refractivity contribution in [1.29, 1.82) is 0 Å². The van der Waals surface area contributed by atoms with Crippen molar-refractivity contribution in [2.75, 3.05) is 12.5 Å². The van der Waals surface area contributed by atoms with Crippen molar-refractivity contribution in [2.24, 2.45) is 5.10 Å². The number of phenols is 1. The fraction of sp³-hybridized carbons (Fsp3) is 0.0500. The van der Waals surface area contributed by atoms with Gasteiger partial charge in [-0.25, -0.2) is 4.98 Å². The van der Waals surface area contributed by atoms with Crippen LogP contribution in [0.4, 0.5) is 10.8 Å². The lowest BCUT2D eigenvalue weighted by molar-refractivity contribution is -0.384. The summed E-state index contributed by atoms with van der Waals surface area (Å²) >= 11 is 2.41. The van der Waals surface area contributed by atoms with Crippen molar-refractivity contribution >= 4 is 51.1 Å². The third-order valence-corrected chi connectivity index (χ3v) is 5.98. The molecule has 2 aromatic carbocycles. The Hall–Kier alpha value is -3.90. The number of amides is 1. The second kappa shape index (κ2) is 9.08. The summed E-state index contributed by atoms with van der Waals surface area (Å²) in [5, 5.41) is 30.4. The van der Waals surface area contributed by atoms with Crippen LogP contribution in [0.25, 0.3) is 17.3 Å². The number of ether oxygens (including phenoxy) is 1. The van der Waals surface area contributed by atoms with Gasteiger partial charge in [-0.2, -0.15) is 0 Å². The second-order valence-corrected chi connectivity index (χ2v) is 8.22. The molecule has 10 nitrogen and oxygen atoms in total. The highest BCUT2D eigenvalue weighted by Gasteiger charge is 2.24. The van der Waals surface area contributed by atoms with Crippen molar-refractivity contribution in [3.63, 3.8) is 0 Å². The number of hydrazone groups is 1. The van der Waals surface area contributed by atoms with Gasteiger partial charge in [-0.1, -0.05) is 12.1 Å². The van der Waals surface area contributed by atoms with Gasteiger partial charge < -0.3 is 9.84 Å². The zero-order chi connectivity index (χ0) is 22.7. The van der Waals surface area contributed by atoms with Crippen molar-refractivity contribution < 1.29 is 19.6 Å². The first-order valence-electron chi connectivity index (χ1n) is 9.05. The number of phenolic OH excluding ortho intramolecular Hbond substituents is 1. The zero-order valence-corrected chi connectivity index (χ0v) is 18.1. The maximum Gasteiger partial charge on any atom is 0.269 e. The maximum atomic E-state index is 12.2. The summed E-state index contributed by atoms with van der Waals surface area (Å²) in [5.74, 6) is -0.0876. The van der Waals surface area contributed by atoms with E-state index < -0.39 is 4.92 Å². The van der Waals surface area contributed by atoms with Gasteiger partial charge in [-0.15, -0.1) is 16.4 Å².